The van der Waals surface area contributed by atoms with E-state index in [-0.39, 0.29) is 11.8 Å². The molecule has 0 radical (unpaired) electrons. The average Bonchev–Trinajstić information content (AvgIpc) is 2.17. The fourth-order valence-electron chi connectivity index (χ4n) is 0.997. The highest BCUT2D eigenvalue weighted by Gasteiger charge is 2.11. The molecule has 14 heavy (non-hydrogen) atoms. The van der Waals surface area contributed by atoms with Gasteiger partial charge >= 0.3 is 0 Å². The summed E-state index contributed by atoms with van der Waals surface area (Å²) in [6.07, 6.45) is 1.84. The van der Waals surface area contributed by atoms with Gasteiger partial charge in [0.15, 0.2) is 0 Å². The molecule has 0 saturated carbocycles. The summed E-state index contributed by atoms with van der Waals surface area (Å²) >= 11 is 0. The van der Waals surface area contributed by atoms with Gasteiger partial charge in [0.2, 0.25) is 11.8 Å². The molecule has 2 amide bonds. The predicted molar refractivity (Wildman–Crippen MR) is 54.6 cm³/mol. The lowest BCUT2D eigenvalue weighted by molar-refractivity contribution is -0.123. The lowest BCUT2D eigenvalue weighted by atomic mass is 10.1. The van der Waals surface area contributed by atoms with Crippen molar-refractivity contribution in [1.82, 2.24) is 10.6 Å². The second-order valence-corrected chi connectivity index (χ2v) is 3.11. The zero-order valence-corrected chi connectivity index (χ0v) is 8.80. The minimum absolute atomic E-state index is 0.0886. The van der Waals surface area contributed by atoms with E-state index in [1.165, 1.54) is 0 Å². The normalized spacial score (nSPS) is 11.9. The topological polar surface area (TPSA) is 84.2 Å². The molecule has 0 saturated heterocycles. The van der Waals surface area contributed by atoms with Crippen molar-refractivity contribution in [3.8, 4) is 0 Å². The highest BCUT2D eigenvalue weighted by atomic mass is 16.2. The molecule has 0 heterocycles. The predicted octanol–water partition coefficient (Wildman–Crippen LogP) is -0.634. The van der Waals surface area contributed by atoms with Gasteiger partial charge in [0.1, 0.15) is 0 Å². The SMILES string of the molecule is CCC[C@@H](N)C(=O)NCCC(=O)NC. The van der Waals surface area contributed by atoms with Gasteiger partial charge in [0.05, 0.1) is 6.04 Å². The van der Waals surface area contributed by atoms with E-state index in [0.29, 0.717) is 19.4 Å². The molecule has 5 heteroatoms. The molecule has 82 valence electrons. The maximum absolute atomic E-state index is 11.2. The Hall–Kier alpha value is -1.10. The van der Waals surface area contributed by atoms with Gasteiger partial charge < -0.3 is 16.4 Å². The van der Waals surface area contributed by atoms with Gasteiger partial charge in [-0.05, 0) is 6.42 Å². The first-order chi connectivity index (χ1) is 6.61. The fourth-order valence-corrected chi connectivity index (χ4v) is 0.997. The monoisotopic (exact) mass is 201 g/mol. The van der Waals surface area contributed by atoms with E-state index in [1.54, 1.807) is 7.05 Å². The van der Waals surface area contributed by atoms with E-state index in [4.69, 9.17) is 5.73 Å². The number of hydrogen-bond acceptors (Lipinski definition) is 3. The Kier molecular flexibility index (Phi) is 6.74. The van der Waals surface area contributed by atoms with Gasteiger partial charge in [-0.3, -0.25) is 9.59 Å². The van der Waals surface area contributed by atoms with Crippen LogP contribution in [-0.4, -0.2) is 31.4 Å². The Balaban J connectivity index is 3.58. The van der Waals surface area contributed by atoms with Gasteiger partial charge in [0.25, 0.3) is 0 Å². The van der Waals surface area contributed by atoms with E-state index in [0.717, 1.165) is 6.42 Å². The first-order valence-electron chi connectivity index (χ1n) is 4.85. The van der Waals surface area contributed by atoms with Crippen molar-refractivity contribution in [3.05, 3.63) is 0 Å². The Bertz CT molecular complexity index is 194. The Morgan fingerprint density at radius 1 is 1.43 bits per heavy atom. The van der Waals surface area contributed by atoms with Crippen LogP contribution in [0.2, 0.25) is 0 Å². The highest BCUT2D eigenvalue weighted by molar-refractivity contribution is 5.82. The molecule has 0 unspecified atom stereocenters. The number of amides is 2. The summed E-state index contributed by atoms with van der Waals surface area (Å²) in [6.45, 7) is 2.31. The first-order valence-corrected chi connectivity index (χ1v) is 4.85. The second kappa shape index (κ2) is 7.32. The smallest absolute Gasteiger partial charge is 0.236 e. The Morgan fingerprint density at radius 2 is 2.07 bits per heavy atom. The van der Waals surface area contributed by atoms with Gasteiger partial charge in [-0.2, -0.15) is 0 Å². The molecule has 0 aromatic carbocycles. The van der Waals surface area contributed by atoms with Crippen LogP contribution in [0, 0.1) is 0 Å². The van der Waals surface area contributed by atoms with Crippen molar-refractivity contribution < 1.29 is 9.59 Å². The molecule has 0 aromatic rings. The molecule has 1 atom stereocenters. The molecular formula is C9H19N3O2. The van der Waals surface area contributed by atoms with Crippen LogP contribution in [0.4, 0.5) is 0 Å². The van der Waals surface area contributed by atoms with Crippen molar-refractivity contribution in [1.29, 1.82) is 0 Å². The van der Waals surface area contributed by atoms with E-state index >= 15 is 0 Å². The minimum atomic E-state index is -0.454. The van der Waals surface area contributed by atoms with E-state index < -0.39 is 6.04 Å². The lowest BCUT2D eigenvalue weighted by Gasteiger charge is -2.10. The van der Waals surface area contributed by atoms with Crippen LogP contribution < -0.4 is 16.4 Å². The Labute approximate surface area is 84.4 Å². The fraction of sp³-hybridized carbons (Fsp3) is 0.778. The van der Waals surface area contributed by atoms with Crippen LogP contribution >= 0.6 is 0 Å². The summed E-state index contributed by atoms with van der Waals surface area (Å²) < 4.78 is 0. The molecule has 0 rings (SSSR count). The van der Waals surface area contributed by atoms with Crippen molar-refractivity contribution in [2.45, 2.75) is 32.2 Å². The average molecular weight is 201 g/mol. The summed E-state index contributed by atoms with van der Waals surface area (Å²) in [7, 11) is 1.56. The zero-order valence-electron chi connectivity index (χ0n) is 8.80. The van der Waals surface area contributed by atoms with Crippen molar-refractivity contribution >= 4 is 11.8 Å². The van der Waals surface area contributed by atoms with E-state index in [9.17, 15) is 9.59 Å². The van der Waals surface area contributed by atoms with Crippen molar-refractivity contribution in [3.63, 3.8) is 0 Å². The standard InChI is InChI=1S/C9H19N3O2/c1-3-4-7(10)9(14)12-6-5-8(13)11-2/h7H,3-6,10H2,1-2H3,(H,11,13)(H,12,14)/t7-/m1/s1. The molecule has 0 aliphatic rings. The van der Waals surface area contributed by atoms with E-state index in [1.807, 2.05) is 6.92 Å². The Morgan fingerprint density at radius 3 is 2.57 bits per heavy atom. The van der Waals surface area contributed by atoms with Gasteiger partial charge in [0, 0.05) is 20.0 Å². The van der Waals surface area contributed by atoms with Gasteiger partial charge in [-0.15, -0.1) is 0 Å². The van der Waals surface area contributed by atoms with Gasteiger partial charge in [-0.25, -0.2) is 0 Å². The number of hydrogen-bond donors (Lipinski definition) is 3. The molecule has 5 nitrogen and oxygen atoms in total. The first kappa shape index (κ1) is 12.9. The number of rotatable bonds is 6. The largest absolute Gasteiger partial charge is 0.359 e. The molecule has 0 aliphatic carbocycles. The molecule has 0 fully saturated rings. The number of nitrogens with one attached hydrogen (secondary N) is 2. The van der Waals surface area contributed by atoms with Crippen LogP contribution in [0.3, 0.4) is 0 Å². The quantitative estimate of drug-likeness (QED) is 0.535. The van der Waals surface area contributed by atoms with Crippen molar-refractivity contribution in [2.75, 3.05) is 13.6 Å². The summed E-state index contributed by atoms with van der Waals surface area (Å²) in [6, 6.07) is -0.454. The van der Waals surface area contributed by atoms with Crippen LogP contribution in [0.5, 0.6) is 0 Å². The second-order valence-electron chi connectivity index (χ2n) is 3.11. The zero-order chi connectivity index (χ0) is 11.0. The molecular weight excluding hydrogens is 182 g/mol. The number of nitrogens with two attached hydrogens (primary N) is 1. The maximum Gasteiger partial charge on any atom is 0.236 e. The third kappa shape index (κ3) is 5.53. The lowest BCUT2D eigenvalue weighted by Crippen LogP contribution is -2.41. The molecule has 0 aromatic heterocycles. The summed E-state index contributed by atoms with van der Waals surface area (Å²) in [5.41, 5.74) is 5.56. The van der Waals surface area contributed by atoms with Crippen LogP contribution in [0.25, 0.3) is 0 Å². The molecule has 0 spiro atoms. The molecule has 4 N–H and O–H groups in total. The highest BCUT2D eigenvalue weighted by Crippen LogP contribution is 1.92. The van der Waals surface area contributed by atoms with Crippen molar-refractivity contribution in [2.24, 2.45) is 5.73 Å². The third-order valence-corrected chi connectivity index (χ3v) is 1.87. The maximum atomic E-state index is 11.2. The minimum Gasteiger partial charge on any atom is -0.359 e. The van der Waals surface area contributed by atoms with Crippen LogP contribution in [0.1, 0.15) is 26.2 Å². The van der Waals surface area contributed by atoms with Crippen LogP contribution in [-0.2, 0) is 9.59 Å². The summed E-state index contributed by atoms with van der Waals surface area (Å²) in [4.78, 5) is 22.0. The summed E-state index contributed by atoms with van der Waals surface area (Å²) in [5, 5.41) is 5.08. The van der Waals surface area contributed by atoms with E-state index in [2.05, 4.69) is 10.6 Å². The number of carbonyl (C=O) groups is 2. The molecule has 0 aliphatic heterocycles. The van der Waals surface area contributed by atoms with Crippen LogP contribution in [0.15, 0.2) is 0 Å². The molecule has 0 bridgehead atoms. The number of carbonyl (C=O) groups excluding carboxylic acids is 2. The third-order valence-electron chi connectivity index (χ3n) is 1.87. The van der Waals surface area contributed by atoms with Gasteiger partial charge in [-0.1, -0.05) is 13.3 Å². The summed E-state index contributed by atoms with van der Waals surface area (Å²) in [5.74, 6) is -0.273.